The molecule has 3 heterocycles. The molecule has 0 saturated carbocycles. The van der Waals surface area contributed by atoms with Crippen molar-refractivity contribution in [3.05, 3.63) is 261 Å². The van der Waals surface area contributed by atoms with Gasteiger partial charge in [0, 0.05) is 123 Å². The zero-order valence-electron chi connectivity index (χ0n) is 73.6. The summed E-state index contributed by atoms with van der Waals surface area (Å²) in [5.41, 5.74) is 26.0. The fourth-order valence-corrected chi connectivity index (χ4v) is 15.8. The van der Waals surface area contributed by atoms with Crippen LogP contribution in [0.15, 0.2) is 204 Å². The van der Waals surface area contributed by atoms with Gasteiger partial charge in [0.05, 0.1) is 18.4 Å². The van der Waals surface area contributed by atoms with Crippen LogP contribution in [0.5, 0.6) is 11.5 Å². The van der Waals surface area contributed by atoms with E-state index in [9.17, 15) is 61.7 Å². The third-order valence-corrected chi connectivity index (χ3v) is 22.5. The Kier molecular flexibility index (Phi) is 40.7. The second-order valence-electron chi connectivity index (χ2n) is 32.4. The predicted molar refractivity (Wildman–Crippen MR) is 490 cm³/mol. The highest BCUT2D eigenvalue weighted by Crippen LogP contribution is 2.37. The van der Waals surface area contributed by atoms with Crippen molar-refractivity contribution >= 4 is 83.0 Å². The molecule has 0 aliphatic carbocycles. The minimum atomic E-state index is -5.19. The van der Waals surface area contributed by atoms with E-state index >= 15 is 0 Å². The lowest BCUT2D eigenvalue weighted by molar-refractivity contribution is -0.708. The number of carboxylic acids is 1. The van der Waals surface area contributed by atoms with Crippen molar-refractivity contribution < 1.29 is 76.2 Å². The number of rotatable bonds is 47. The highest BCUT2D eigenvalue weighted by molar-refractivity contribution is 5.95. The zero-order valence-corrected chi connectivity index (χ0v) is 73.6. The van der Waals surface area contributed by atoms with Crippen LogP contribution in [0.3, 0.4) is 0 Å². The van der Waals surface area contributed by atoms with Gasteiger partial charge in [-0.05, 0) is 169 Å². The molecule has 0 saturated heterocycles. The molecule has 0 unspecified atom stereocenters. The number of aliphatic carboxylic acids is 1. The van der Waals surface area contributed by atoms with Crippen LogP contribution in [-0.4, -0.2) is 157 Å². The monoisotopic (exact) mass is 1770 g/mol. The maximum absolute atomic E-state index is 14.1. The van der Waals surface area contributed by atoms with Crippen molar-refractivity contribution in [1.82, 2.24) is 47.4 Å². The molecule has 686 valence electrons. The number of aryl methyl sites for hydroxylation is 4. The number of pyridine rings is 1. The molecule has 2 aliphatic heterocycles. The van der Waals surface area contributed by atoms with Gasteiger partial charge in [-0.15, -0.1) is 0 Å². The second kappa shape index (κ2) is 52.8. The number of hydrogen-bond acceptors (Lipinski definition) is 14. The highest BCUT2D eigenvalue weighted by atomic mass is 19.4. The summed E-state index contributed by atoms with van der Waals surface area (Å²) in [4.78, 5) is 130. The van der Waals surface area contributed by atoms with Crippen molar-refractivity contribution in [3.63, 3.8) is 0 Å². The van der Waals surface area contributed by atoms with E-state index < -0.39 is 36.1 Å². The van der Waals surface area contributed by atoms with Gasteiger partial charge in [0.1, 0.15) is 29.6 Å². The highest BCUT2D eigenvalue weighted by Gasteiger charge is 2.32. The Labute approximate surface area is 752 Å². The van der Waals surface area contributed by atoms with Gasteiger partial charge < -0.3 is 79.0 Å². The van der Waals surface area contributed by atoms with E-state index in [1.807, 2.05) is 121 Å². The van der Waals surface area contributed by atoms with Crippen LogP contribution in [-0.2, 0) is 75.6 Å². The number of aromatic hydroxyl groups is 2. The third-order valence-electron chi connectivity index (χ3n) is 22.5. The van der Waals surface area contributed by atoms with Crippen LogP contribution in [0.25, 0.3) is 12.2 Å². The number of anilines is 1. The number of carbonyl (C=O) groups is 9. The Morgan fingerprint density at radius 1 is 0.465 bits per heavy atom. The Bertz CT molecular complexity index is 4690. The first-order valence-electron chi connectivity index (χ1n) is 44.5. The lowest BCUT2D eigenvalue weighted by Crippen LogP contribution is -2.48. The van der Waals surface area contributed by atoms with Gasteiger partial charge in [0.25, 0.3) is 0 Å². The summed E-state index contributed by atoms with van der Waals surface area (Å²) in [7, 11) is 0. The molecule has 0 fully saturated rings. The van der Waals surface area contributed by atoms with Gasteiger partial charge >= 0.3 is 6.18 Å². The van der Waals surface area contributed by atoms with E-state index in [2.05, 4.69) is 117 Å². The maximum atomic E-state index is 14.1. The van der Waals surface area contributed by atoms with Crippen molar-refractivity contribution in [2.45, 2.75) is 192 Å². The number of nitrogens with two attached hydrogens (primary N) is 2. The van der Waals surface area contributed by atoms with Crippen LogP contribution in [0.1, 0.15) is 194 Å². The van der Waals surface area contributed by atoms with Crippen molar-refractivity contribution in [1.29, 1.82) is 0 Å². The largest absolute Gasteiger partial charge is 0.542 e. The average molecular weight is 1770 g/mol. The number of guanidine groups is 2. The van der Waals surface area contributed by atoms with Gasteiger partial charge in [0.15, 0.2) is 29.9 Å². The maximum Gasteiger partial charge on any atom is 0.430 e. The van der Waals surface area contributed by atoms with Gasteiger partial charge in [-0.3, -0.25) is 43.3 Å². The molecule has 10 rings (SSSR count). The molecular weight excluding hydrogens is 1650 g/mol. The molecule has 0 bridgehead atoms. The first-order chi connectivity index (χ1) is 62.2. The molecule has 8 amide bonds. The summed E-state index contributed by atoms with van der Waals surface area (Å²) < 4.78 is 33.9. The number of phenols is 2. The molecule has 0 spiro atoms. The normalized spacial score (nSPS) is 13.0. The quantitative estimate of drug-likeness (QED) is 0.00730. The molecule has 1 aromatic heterocycles. The summed E-state index contributed by atoms with van der Waals surface area (Å²) in [5, 5.41) is 52.4. The number of carboxylic acid groups (broad SMARTS) is 1. The van der Waals surface area contributed by atoms with Crippen LogP contribution in [0.4, 0.5) is 18.9 Å². The lowest BCUT2D eigenvalue weighted by Gasteiger charge is -2.37. The van der Waals surface area contributed by atoms with E-state index in [0.717, 1.165) is 89.1 Å². The smallest absolute Gasteiger partial charge is 0.430 e. The number of amides is 8. The fraction of sp³-hybridized carbons (Fsp3) is 0.394. The lowest BCUT2D eigenvalue weighted by atomic mass is 9.90. The molecule has 7 aromatic carbocycles. The van der Waals surface area contributed by atoms with E-state index in [4.69, 9.17) is 21.4 Å². The Morgan fingerprint density at radius 2 is 0.822 bits per heavy atom. The summed E-state index contributed by atoms with van der Waals surface area (Å²) in [6, 6.07) is 57.9. The summed E-state index contributed by atoms with van der Waals surface area (Å²) >= 11 is 0. The number of phenolic OH excluding ortho intramolecular Hbond substituents is 2. The van der Waals surface area contributed by atoms with Crippen LogP contribution >= 0.6 is 0 Å². The number of nitrogens with one attached hydrogen (secondary N) is 8. The van der Waals surface area contributed by atoms with E-state index in [1.54, 1.807) is 48.5 Å². The summed E-state index contributed by atoms with van der Waals surface area (Å²) in [6.07, 6.45) is 11.5. The SMILES string of the molecule is Cc1cc(/C=C/c2cc3c4c(c2)CCCN4CCC3)cc(C)[n+]1CCN(CCNC(=O)CCCCCCC(=O)N=C(N)NCCC[C@@H](NC(=O)C(c1ccccc1)c1ccccc1)C(=O)NCc1ccc(O)cc1)CCNC(=O)CCCCCCC(=O)N=C(N)NCCC[C@@H](NC(=O)C(c1ccccc1)c1ccccc1)C(=O)NCc1ccc(O)cc1.O=C([O-])C(F)(F)F. The molecule has 8 aromatic rings. The minimum absolute atomic E-state index is 0.0453. The van der Waals surface area contributed by atoms with Crippen LogP contribution in [0, 0.1) is 13.8 Å². The van der Waals surface area contributed by atoms with Gasteiger partial charge in [-0.2, -0.15) is 27.7 Å². The third kappa shape index (κ3) is 34.8. The number of unbranched alkanes of at least 4 members (excludes halogenated alkanes) is 6. The van der Waals surface area contributed by atoms with Gasteiger partial charge in [-0.25, -0.2) is 0 Å². The first-order valence-corrected chi connectivity index (χ1v) is 44.5. The second-order valence-corrected chi connectivity index (χ2v) is 32.4. The minimum Gasteiger partial charge on any atom is -0.542 e. The number of carbonyl (C=O) groups excluding carboxylic acids is 9. The standard InChI is InChI=1S/C97H121N15O10.C2HF3O2/c1-69-63-73(43-44-74-65-79-35-25-57-111-58-26-36-80(66-74)91(79)111)64-70(2)112(69)62-61-110(59-55-100-85(115)39-19-3-5-21-41-87(117)108-96(98)102-53-23-37-83(92(119)104-67-71-45-49-81(113)50-46-71)106-94(121)89(75-27-11-7-12-28-75)76-29-13-8-14-30-76)60-56-101-86(116)40-20-4-6-22-42-88(118)109-97(99)103-54-24-38-84(93(120)105-68-72-47-51-82(114)52-48-72)107-95(122)90(77-31-15-9-16-32-77)78-33-17-10-18-34-78;3-2(4,5)1(6)7/h7-18,27-34,43-52,63-66,83-84,89-90H,3-6,19-26,35-42,53-62,67-68H2,1-2H3,(H13-,98,99,100,101,102,103,104,105,106,107,108,109,113,114,115,116,117,118,119,120,121,122);(H,6,7)/t83-,84-;/m1./s1. The molecule has 27 nitrogen and oxygen atoms in total. The van der Waals surface area contributed by atoms with Crippen LogP contribution < -0.4 is 68.6 Å². The number of hydrogen-bond donors (Lipinski definition) is 12. The van der Waals surface area contributed by atoms with E-state index in [1.165, 1.54) is 35.2 Å². The summed E-state index contributed by atoms with van der Waals surface area (Å²) in [5.74, 6) is -6.53. The molecule has 30 heteroatoms. The Balaban J connectivity index is 0.00000257. The fourth-order valence-electron chi connectivity index (χ4n) is 15.8. The molecule has 129 heavy (non-hydrogen) atoms. The van der Waals surface area contributed by atoms with Crippen molar-refractivity contribution in [3.8, 4) is 11.5 Å². The molecule has 2 aliphatic rings. The average Bonchev–Trinajstić information content (AvgIpc) is 0.776. The van der Waals surface area contributed by atoms with Crippen LogP contribution in [0.2, 0.25) is 0 Å². The Hall–Kier alpha value is -13.3. The summed E-state index contributed by atoms with van der Waals surface area (Å²) in [6.45, 7) is 10.8. The number of aliphatic imine (C=N–C) groups is 2. The number of benzene rings is 7. The Morgan fingerprint density at radius 3 is 1.19 bits per heavy atom. The zero-order chi connectivity index (χ0) is 92.3. The molecule has 0 radical (unpaired) electrons. The van der Waals surface area contributed by atoms with E-state index in [-0.39, 0.29) is 123 Å². The van der Waals surface area contributed by atoms with Gasteiger partial charge in [0.2, 0.25) is 47.3 Å². The predicted octanol–water partition coefficient (Wildman–Crippen LogP) is 10.1. The van der Waals surface area contributed by atoms with E-state index in [0.29, 0.717) is 103 Å². The van der Waals surface area contributed by atoms with Crippen molar-refractivity contribution in [2.75, 3.05) is 63.8 Å². The number of halogens is 3. The molecule has 2 atom stereocenters. The molecular formula is C99H122F3N15O12. The number of aromatic nitrogens is 1. The van der Waals surface area contributed by atoms with Gasteiger partial charge in [-0.1, -0.05) is 183 Å². The van der Waals surface area contributed by atoms with Crippen molar-refractivity contribution in [2.24, 2.45) is 21.5 Å². The molecule has 14 N–H and O–H groups in total. The number of alkyl halides is 3. The number of nitrogens with zero attached hydrogens (tertiary/aromatic N) is 5. The first kappa shape index (κ1) is 99.5. The topological polar surface area (TPSA) is 401 Å².